The molecule has 5 nitrogen and oxygen atoms in total. The molecule has 0 aliphatic rings. The predicted molar refractivity (Wildman–Crippen MR) is 115 cm³/mol. The van der Waals surface area contributed by atoms with Crippen LogP contribution in [0.3, 0.4) is 0 Å². The van der Waals surface area contributed by atoms with Crippen LogP contribution in [0, 0.1) is 18.3 Å². The Balaban J connectivity index is 1.89. The van der Waals surface area contributed by atoms with Gasteiger partial charge in [-0.1, -0.05) is 43.2 Å². The predicted octanol–water partition coefficient (Wildman–Crippen LogP) is 4.52. The van der Waals surface area contributed by atoms with Crippen LogP contribution in [0.2, 0.25) is 0 Å². The summed E-state index contributed by atoms with van der Waals surface area (Å²) in [6.45, 7) is 4.59. The number of nitrogens with one attached hydrogen (secondary N) is 1. The molecule has 0 saturated carbocycles. The maximum atomic E-state index is 12.0. The number of benzene rings is 2. The summed E-state index contributed by atoms with van der Waals surface area (Å²) in [5.41, 5.74) is 1.89. The number of carbonyl (C=O) groups excluding carboxylic acids is 2. The van der Waals surface area contributed by atoms with E-state index in [2.05, 4.69) is 5.32 Å². The van der Waals surface area contributed by atoms with Gasteiger partial charge in [0.05, 0.1) is 5.75 Å². The van der Waals surface area contributed by atoms with Gasteiger partial charge in [-0.05, 0) is 49.2 Å². The molecular formula is C23H24N2O3S. The number of esters is 1. The van der Waals surface area contributed by atoms with Crippen molar-refractivity contribution >= 4 is 29.7 Å². The van der Waals surface area contributed by atoms with Crippen molar-refractivity contribution in [2.24, 2.45) is 0 Å². The lowest BCUT2D eigenvalue weighted by Crippen LogP contribution is -2.25. The maximum absolute atomic E-state index is 12.0. The highest BCUT2D eigenvalue weighted by molar-refractivity contribution is 8.00. The van der Waals surface area contributed by atoms with E-state index in [1.165, 1.54) is 23.4 Å². The van der Waals surface area contributed by atoms with E-state index < -0.39 is 0 Å². The van der Waals surface area contributed by atoms with E-state index in [9.17, 15) is 14.9 Å². The highest BCUT2D eigenvalue weighted by atomic mass is 32.2. The van der Waals surface area contributed by atoms with Crippen LogP contribution in [0.15, 0.2) is 59.0 Å². The van der Waals surface area contributed by atoms with Crippen molar-refractivity contribution in [2.45, 2.75) is 31.6 Å². The summed E-state index contributed by atoms with van der Waals surface area (Å²) in [6, 6.07) is 16.6. The molecule has 0 fully saturated rings. The fraction of sp³-hybridized carbons (Fsp3) is 0.261. The van der Waals surface area contributed by atoms with E-state index in [1.54, 1.807) is 24.3 Å². The molecule has 0 saturated heterocycles. The highest BCUT2D eigenvalue weighted by Gasteiger charge is 2.09. The van der Waals surface area contributed by atoms with Gasteiger partial charge in [-0.15, -0.1) is 11.8 Å². The largest absolute Gasteiger partial charge is 0.426 e. The smallest absolute Gasteiger partial charge is 0.321 e. The molecule has 2 rings (SSSR count). The first-order valence-corrected chi connectivity index (χ1v) is 10.4. The second-order valence-electron chi connectivity index (χ2n) is 6.42. The Morgan fingerprint density at radius 1 is 1.14 bits per heavy atom. The molecule has 0 heterocycles. The van der Waals surface area contributed by atoms with Gasteiger partial charge in [-0.2, -0.15) is 5.26 Å². The number of rotatable bonds is 9. The van der Waals surface area contributed by atoms with Crippen LogP contribution in [-0.4, -0.2) is 24.2 Å². The number of hydrogen-bond donors (Lipinski definition) is 1. The lowest BCUT2D eigenvalue weighted by atomic mass is 10.1. The third-order valence-corrected chi connectivity index (χ3v) is 4.97. The monoisotopic (exact) mass is 408 g/mol. The van der Waals surface area contributed by atoms with Gasteiger partial charge in [0.2, 0.25) is 0 Å². The van der Waals surface area contributed by atoms with Gasteiger partial charge in [-0.3, -0.25) is 9.59 Å². The fourth-order valence-electron chi connectivity index (χ4n) is 2.36. The molecule has 0 unspecified atom stereocenters. The van der Waals surface area contributed by atoms with Gasteiger partial charge in [0, 0.05) is 11.4 Å². The second kappa shape index (κ2) is 11.7. The molecule has 0 spiro atoms. The van der Waals surface area contributed by atoms with Gasteiger partial charge in [0.1, 0.15) is 17.4 Å². The van der Waals surface area contributed by atoms with Crippen LogP contribution < -0.4 is 10.1 Å². The molecule has 6 heteroatoms. The Labute approximate surface area is 175 Å². The standard InChI is InChI=1S/C23H24N2O3S/c1-3-4-13-25-23(27)19(15-24)14-18-7-9-20(10-8-18)28-22(26)16-29-21-11-5-17(2)6-12-21/h5-12,14H,3-4,13,16H2,1-2H3,(H,25,27)/b19-14+. The van der Waals surface area contributed by atoms with Gasteiger partial charge in [-0.25, -0.2) is 0 Å². The summed E-state index contributed by atoms with van der Waals surface area (Å²) in [6.07, 6.45) is 3.35. The Hall–Kier alpha value is -3.04. The van der Waals surface area contributed by atoms with Gasteiger partial charge >= 0.3 is 5.97 Å². The van der Waals surface area contributed by atoms with Gasteiger partial charge in [0.15, 0.2) is 0 Å². The number of thioether (sulfide) groups is 1. The zero-order chi connectivity index (χ0) is 21.1. The number of aryl methyl sites for hydroxylation is 1. The average molecular weight is 409 g/mol. The van der Waals surface area contributed by atoms with Crippen LogP contribution in [0.4, 0.5) is 0 Å². The van der Waals surface area contributed by atoms with Crippen molar-refractivity contribution in [1.29, 1.82) is 5.26 Å². The van der Waals surface area contributed by atoms with Crippen LogP contribution >= 0.6 is 11.8 Å². The zero-order valence-electron chi connectivity index (χ0n) is 16.6. The molecule has 29 heavy (non-hydrogen) atoms. The van der Waals surface area contributed by atoms with E-state index in [4.69, 9.17) is 4.74 Å². The lowest BCUT2D eigenvalue weighted by Gasteiger charge is -2.06. The molecule has 1 amide bonds. The summed E-state index contributed by atoms with van der Waals surface area (Å²) in [7, 11) is 0. The number of nitriles is 1. The summed E-state index contributed by atoms with van der Waals surface area (Å²) < 4.78 is 5.33. The topological polar surface area (TPSA) is 79.2 Å². The Morgan fingerprint density at radius 2 is 1.83 bits per heavy atom. The molecule has 1 N–H and O–H groups in total. The number of ether oxygens (including phenoxy) is 1. The van der Waals surface area contributed by atoms with E-state index in [0.717, 1.165) is 17.7 Å². The van der Waals surface area contributed by atoms with E-state index >= 15 is 0 Å². The number of amides is 1. The first-order valence-electron chi connectivity index (χ1n) is 9.42. The average Bonchev–Trinajstić information content (AvgIpc) is 2.73. The van der Waals surface area contributed by atoms with Gasteiger partial charge < -0.3 is 10.1 Å². The minimum absolute atomic E-state index is 0.0420. The molecule has 150 valence electrons. The number of nitrogens with zero attached hydrogens (tertiary/aromatic N) is 1. The molecule has 0 aromatic heterocycles. The molecular weight excluding hydrogens is 384 g/mol. The van der Waals surface area contributed by atoms with Crippen molar-refractivity contribution < 1.29 is 14.3 Å². The molecule has 2 aromatic rings. The van der Waals surface area contributed by atoms with Crippen molar-refractivity contribution in [2.75, 3.05) is 12.3 Å². The van der Waals surface area contributed by atoms with Crippen LogP contribution in [0.25, 0.3) is 6.08 Å². The zero-order valence-corrected chi connectivity index (χ0v) is 17.4. The SMILES string of the molecule is CCCCNC(=O)/C(C#N)=C/c1ccc(OC(=O)CSc2ccc(C)cc2)cc1. The highest BCUT2D eigenvalue weighted by Crippen LogP contribution is 2.20. The first-order chi connectivity index (χ1) is 14.0. The molecule has 0 bridgehead atoms. The third kappa shape index (κ3) is 7.84. The van der Waals surface area contributed by atoms with E-state index in [-0.39, 0.29) is 23.2 Å². The van der Waals surface area contributed by atoms with Crippen molar-refractivity contribution in [3.63, 3.8) is 0 Å². The Morgan fingerprint density at radius 3 is 2.45 bits per heavy atom. The van der Waals surface area contributed by atoms with Crippen molar-refractivity contribution in [1.82, 2.24) is 5.32 Å². The number of hydrogen-bond acceptors (Lipinski definition) is 5. The molecule has 0 atom stereocenters. The summed E-state index contributed by atoms with van der Waals surface area (Å²) in [5.74, 6) is -0.0969. The summed E-state index contributed by atoms with van der Waals surface area (Å²) in [5, 5.41) is 11.9. The molecule has 0 radical (unpaired) electrons. The molecule has 0 aliphatic heterocycles. The second-order valence-corrected chi connectivity index (χ2v) is 7.47. The van der Waals surface area contributed by atoms with Crippen molar-refractivity contribution in [3.05, 3.63) is 65.2 Å². The van der Waals surface area contributed by atoms with Gasteiger partial charge in [0.25, 0.3) is 5.91 Å². The Kier molecular flexibility index (Phi) is 9.00. The number of carbonyl (C=O) groups is 2. The summed E-state index contributed by atoms with van der Waals surface area (Å²) in [4.78, 5) is 25.0. The normalized spacial score (nSPS) is 10.9. The minimum atomic E-state index is -0.385. The molecule has 2 aromatic carbocycles. The Bertz CT molecular complexity index is 897. The maximum Gasteiger partial charge on any atom is 0.321 e. The first kappa shape index (κ1) is 22.3. The van der Waals surface area contributed by atoms with E-state index in [0.29, 0.717) is 17.9 Å². The summed E-state index contributed by atoms with van der Waals surface area (Å²) >= 11 is 1.42. The van der Waals surface area contributed by atoms with Crippen molar-refractivity contribution in [3.8, 4) is 11.8 Å². The van der Waals surface area contributed by atoms with Crippen LogP contribution in [0.5, 0.6) is 5.75 Å². The minimum Gasteiger partial charge on any atom is -0.426 e. The van der Waals surface area contributed by atoms with Crippen LogP contribution in [0.1, 0.15) is 30.9 Å². The van der Waals surface area contributed by atoms with E-state index in [1.807, 2.05) is 44.2 Å². The van der Waals surface area contributed by atoms with Crippen LogP contribution in [-0.2, 0) is 9.59 Å². The number of unbranched alkanes of at least 4 members (excludes halogenated alkanes) is 1. The lowest BCUT2D eigenvalue weighted by molar-refractivity contribution is -0.131. The fourth-order valence-corrected chi connectivity index (χ4v) is 3.03. The third-order valence-electron chi connectivity index (χ3n) is 3.98. The quantitative estimate of drug-likeness (QED) is 0.165. The molecule has 0 aliphatic carbocycles.